The second-order valence-electron chi connectivity index (χ2n) is 10.1. The highest BCUT2D eigenvalue weighted by molar-refractivity contribution is 5.82. The van der Waals surface area contributed by atoms with Crippen LogP contribution in [0.25, 0.3) is 11.1 Å². The number of benzene rings is 2. The monoisotopic (exact) mass is 476 g/mol. The molecule has 0 unspecified atom stereocenters. The summed E-state index contributed by atoms with van der Waals surface area (Å²) in [6.45, 7) is 0.0533. The maximum absolute atomic E-state index is 12.8. The van der Waals surface area contributed by atoms with Crippen molar-refractivity contribution in [1.29, 1.82) is 0 Å². The smallest absolute Gasteiger partial charge is 0.407 e. The standard InChI is InChI=1S/C28H32N2O5/c31-26(30(16-27(32)33)20-7-1-2-8-20)15-18-13-19(14-18)29-28(34)35-17-25-23-11-5-3-9-21(23)22-10-4-6-12-24(22)25/h3-6,9-12,18-20,25H,1-2,7-8,13-17H2,(H,29,34)(H,32,33). The van der Waals surface area contributed by atoms with Crippen LogP contribution in [0.5, 0.6) is 0 Å². The van der Waals surface area contributed by atoms with Gasteiger partial charge in [0.25, 0.3) is 0 Å². The number of nitrogens with one attached hydrogen (secondary N) is 1. The predicted molar refractivity (Wildman–Crippen MR) is 131 cm³/mol. The molecule has 0 spiro atoms. The number of carboxylic acid groups (broad SMARTS) is 1. The van der Waals surface area contributed by atoms with Crippen molar-refractivity contribution in [1.82, 2.24) is 10.2 Å². The van der Waals surface area contributed by atoms with E-state index >= 15 is 0 Å². The Morgan fingerprint density at radius 3 is 2.14 bits per heavy atom. The van der Waals surface area contributed by atoms with Crippen LogP contribution < -0.4 is 5.32 Å². The molecule has 0 heterocycles. The van der Waals surface area contributed by atoms with Crippen LogP contribution in [0.2, 0.25) is 0 Å². The lowest BCUT2D eigenvalue weighted by Gasteiger charge is -2.37. The van der Waals surface area contributed by atoms with E-state index in [9.17, 15) is 19.5 Å². The normalized spacial score (nSPS) is 21.0. The summed E-state index contributed by atoms with van der Waals surface area (Å²) in [6, 6.07) is 16.5. The van der Waals surface area contributed by atoms with Crippen molar-refractivity contribution >= 4 is 18.0 Å². The number of ether oxygens (including phenoxy) is 1. The average molecular weight is 477 g/mol. The van der Waals surface area contributed by atoms with Gasteiger partial charge in [0.05, 0.1) is 0 Å². The van der Waals surface area contributed by atoms with Crippen molar-refractivity contribution in [2.24, 2.45) is 5.92 Å². The topological polar surface area (TPSA) is 95.9 Å². The highest BCUT2D eigenvalue weighted by Crippen LogP contribution is 2.44. The third-order valence-electron chi connectivity index (χ3n) is 7.76. The fourth-order valence-corrected chi connectivity index (χ4v) is 5.97. The number of aliphatic carboxylic acids is 1. The fraction of sp³-hybridized carbons (Fsp3) is 0.464. The third kappa shape index (κ3) is 5.04. The molecule has 0 aliphatic heterocycles. The van der Waals surface area contributed by atoms with Gasteiger partial charge in [-0.3, -0.25) is 9.59 Å². The van der Waals surface area contributed by atoms with E-state index in [0.29, 0.717) is 19.3 Å². The molecule has 2 N–H and O–H groups in total. The molecule has 5 rings (SSSR count). The molecular formula is C28H32N2O5. The van der Waals surface area contributed by atoms with Gasteiger partial charge >= 0.3 is 12.1 Å². The first-order valence-corrected chi connectivity index (χ1v) is 12.6. The first-order valence-electron chi connectivity index (χ1n) is 12.6. The van der Waals surface area contributed by atoms with Crippen LogP contribution >= 0.6 is 0 Å². The maximum Gasteiger partial charge on any atom is 0.407 e. The molecule has 2 aromatic carbocycles. The Balaban J connectivity index is 1.09. The van der Waals surface area contributed by atoms with Crippen LogP contribution in [-0.4, -0.2) is 53.2 Å². The van der Waals surface area contributed by atoms with Crippen molar-refractivity contribution in [3.63, 3.8) is 0 Å². The Hall–Kier alpha value is -3.35. The van der Waals surface area contributed by atoms with Gasteiger partial charge in [0.2, 0.25) is 5.91 Å². The van der Waals surface area contributed by atoms with Gasteiger partial charge in [-0.25, -0.2) is 4.79 Å². The first-order chi connectivity index (χ1) is 17.0. The van der Waals surface area contributed by atoms with E-state index in [-0.39, 0.29) is 43.0 Å². The van der Waals surface area contributed by atoms with Gasteiger partial charge in [-0.2, -0.15) is 0 Å². The highest BCUT2D eigenvalue weighted by Gasteiger charge is 2.36. The van der Waals surface area contributed by atoms with Crippen molar-refractivity contribution < 1.29 is 24.2 Å². The lowest BCUT2D eigenvalue weighted by Crippen LogP contribution is -2.48. The van der Waals surface area contributed by atoms with Crippen LogP contribution in [0, 0.1) is 5.92 Å². The number of rotatable bonds is 8. The number of fused-ring (bicyclic) bond motifs is 3. The first kappa shape index (κ1) is 23.4. The number of hydrogen-bond acceptors (Lipinski definition) is 4. The molecule has 0 radical (unpaired) electrons. The zero-order valence-corrected chi connectivity index (χ0v) is 19.8. The number of carbonyl (C=O) groups excluding carboxylic acids is 2. The maximum atomic E-state index is 12.8. The molecule has 2 amide bonds. The van der Waals surface area contributed by atoms with E-state index in [1.54, 1.807) is 4.90 Å². The molecule has 0 bridgehead atoms. The summed E-state index contributed by atoms with van der Waals surface area (Å²) in [5.41, 5.74) is 4.74. The number of alkyl carbamates (subject to hydrolysis) is 1. The second kappa shape index (κ2) is 10.1. The Morgan fingerprint density at radius 2 is 1.54 bits per heavy atom. The lowest BCUT2D eigenvalue weighted by atomic mass is 9.78. The van der Waals surface area contributed by atoms with Crippen LogP contribution in [0.1, 0.15) is 62.0 Å². The molecule has 7 nitrogen and oxygen atoms in total. The third-order valence-corrected chi connectivity index (χ3v) is 7.76. The molecule has 2 saturated carbocycles. The largest absolute Gasteiger partial charge is 0.480 e. The molecular weight excluding hydrogens is 444 g/mol. The number of carboxylic acids is 1. The molecule has 3 aliphatic carbocycles. The number of hydrogen-bond donors (Lipinski definition) is 2. The van der Waals surface area contributed by atoms with Crippen LogP contribution in [0.15, 0.2) is 48.5 Å². The molecule has 184 valence electrons. The quantitative estimate of drug-likeness (QED) is 0.583. The predicted octanol–water partition coefficient (Wildman–Crippen LogP) is 4.55. The minimum atomic E-state index is -0.964. The molecule has 35 heavy (non-hydrogen) atoms. The van der Waals surface area contributed by atoms with Gasteiger partial charge in [0.1, 0.15) is 13.2 Å². The Morgan fingerprint density at radius 1 is 0.943 bits per heavy atom. The number of amides is 2. The van der Waals surface area contributed by atoms with Crippen molar-refractivity contribution in [3.05, 3.63) is 59.7 Å². The van der Waals surface area contributed by atoms with E-state index < -0.39 is 12.1 Å². The van der Waals surface area contributed by atoms with E-state index in [0.717, 1.165) is 25.7 Å². The zero-order valence-electron chi connectivity index (χ0n) is 19.8. The minimum absolute atomic E-state index is 0.0112. The summed E-state index contributed by atoms with van der Waals surface area (Å²) in [6.07, 6.45) is 5.19. The summed E-state index contributed by atoms with van der Waals surface area (Å²) < 4.78 is 5.62. The molecule has 0 atom stereocenters. The van der Waals surface area contributed by atoms with Crippen LogP contribution in [-0.2, 0) is 14.3 Å². The van der Waals surface area contributed by atoms with Crippen LogP contribution in [0.4, 0.5) is 4.79 Å². The fourth-order valence-electron chi connectivity index (χ4n) is 5.97. The molecule has 3 aliphatic rings. The van der Waals surface area contributed by atoms with Gasteiger partial charge in [-0.15, -0.1) is 0 Å². The number of nitrogens with zero attached hydrogens (tertiary/aromatic N) is 1. The van der Waals surface area contributed by atoms with Gasteiger partial charge < -0.3 is 20.1 Å². The lowest BCUT2D eigenvalue weighted by molar-refractivity contribution is -0.147. The summed E-state index contributed by atoms with van der Waals surface area (Å²) in [7, 11) is 0. The zero-order chi connectivity index (χ0) is 24.4. The Labute approximate surface area is 205 Å². The Bertz CT molecular complexity index is 1060. The molecule has 2 aromatic rings. The summed E-state index contributed by atoms with van der Waals surface area (Å²) in [4.78, 5) is 38.1. The van der Waals surface area contributed by atoms with E-state index in [4.69, 9.17) is 4.74 Å². The van der Waals surface area contributed by atoms with Gasteiger partial charge in [-0.05, 0) is 53.9 Å². The second-order valence-corrected chi connectivity index (χ2v) is 10.1. The molecule has 2 fully saturated rings. The van der Waals surface area contributed by atoms with Crippen molar-refractivity contribution in [2.45, 2.75) is 62.9 Å². The van der Waals surface area contributed by atoms with Crippen molar-refractivity contribution in [2.75, 3.05) is 13.2 Å². The summed E-state index contributed by atoms with van der Waals surface area (Å²) in [5.74, 6) is -0.854. The molecule has 7 heteroatoms. The van der Waals surface area contributed by atoms with E-state index in [1.165, 1.54) is 22.3 Å². The minimum Gasteiger partial charge on any atom is -0.480 e. The molecule has 0 saturated heterocycles. The summed E-state index contributed by atoms with van der Waals surface area (Å²) in [5, 5.41) is 12.1. The molecule has 0 aromatic heterocycles. The summed E-state index contributed by atoms with van der Waals surface area (Å²) >= 11 is 0. The highest BCUT2D eigenvalue weighted by atomic mass is 16.5. The number of carbonyl (C=O) groups is 3. The SMILES string of the molecule is O=C(O)CN(C(=O)CC1CC(NC(=O)OCC2c3ccccc3-c3ccccc32)C1)C1CCCC1. The van der Waals surface area contributed by atoms with E-state index in [1.807, 2.05) is 24.3 Å². The average Bonchev–Trinajstić information content (AvgIpc) is 3.46. The van der Waals surface area contributed by atoms with Gasteiger partial charge in [0, 0.05) is 24.4 Å². The van der Waals surface area contributed by atoms with Crippen LogP contribution in [0.3, 0.4) is 0 Å². The van der Waals surface area contributed by atoms with Crippen molar-refractivity contribution in [3.8, 4) is 11.1 Å². The van der Waals surface area contributed by atoms with E-state index in [2.05, 4.69) is 29.6 Å². The Kier molecular flexibility index (Phi) is 6.75. The van der Waals surface area contributed by atoms with Gasteiger partial charge in [-0.1, -0.05) is 61.4 Å². The van der Waals surface area contributed by atoms with Gasteiger partial charge in [0.15, 0.2) is 0 Å².